The molecule has 1 aliphatic heterocycles. The lowest BCUT2D eigenvalue weighted by molar-refractivity contribution is 0.102. The first kappa shape index (κ1) is 9.90. The number of benzene rings is 1. The van der Waals surface area contributed by atoms with Crippen LogP contribution < -0.4 is 5.73 Å². The van der Waals surface area contributed by atoms with Crippen molar-refractivity contribution in [1.29, 1.82) is 0 Å². The molecule has 2 N–H and O–H groups in total. The third-order valence-corrected chi connectivity index (χ3v) is 2.72. The molecule has 2 unspecified atom stereocenters. The van der Waals surface area contributed by atoms with Gasteiger partial charge in [0.05, 0.1) is 5.02 Å². The van der Waals surface area contributed by atoms with Crippen LogP contribution in [0.15, 0.2) is 18.2 Å². The first-order valence-electron chi connectivity index (χ1n) is 4.51. The van der Waals surface area contributed by atoms with E-state index in [9.17, 15) is 4.39 Å². The number of nitrogens with two attached hydrogens (primary N) is 1. The summed E-state index contributed by atoms with van der Waals surface area (Å²) in [6.45, 7) is 0.581. The predicted molar refractivity (Wildman–Crippen MR) is 52.7 cm³/mol. The van der Waals surface area contributed by atoms with Crippen molar-refractivity contribution >= 4 is 11.6 Å². The third kappa shape index (κ3) is 1.63. The summed E-state index contributed by atoms with van der Waals surface area (Å²) in [5.41, 5.74) is 6.26. The van der Waals surface area contributed by atoms with E-state index in [1.807, 2.05) is 0 Å². The van der Waals surface area contributed by atoms with Gasteiger partial charge in [-0.1, -0.05) is 23.7 Å². The molecule has 0 spiro atoms. The minimum atomic E-state index is -0.420. The molecule has 0 radical (unpaired) electrons. The van der Waals surface area contributed by atoms with Crippen LogP contribution in [0.1, 0.15) is 18.1 Å². The Hall–Kier alpha value is -0.640. The normalized spacial score (nSPS) is 26.8. The van der Waals surface area contributed by atoms with Gasteiger partial charge < -0.3 is 10.5 Å². The maximum atomic E-state index is 13.6. The van der Waals surface area contributed by atoms with Gasteiger partial charge in [-0.3, -0.25) is 0 Å². The van der Waals surface area contributed by atoms with Crippen molar-refractivity contribution in [2.75, 3.05) is 6.61 Å². The van der Waals surface area contributed by atoms with Gasteiger partial charge in [-0.15, -0.1) is 0 Å². The van der Waals surface area contributed by atoms with E-state index < -0.39 is 5.82 Å². The monoisotopic (exact) mass is 215 g/mol. The van der Waals surface area contributed by atoms with Crippen LogP contribution in [0, 0.1) is 5.82 Å². The molecule has 0 saturated carbocycles. The molecule has 2 nitrogen and oxygen atoms in total. The Labute approximate surface area is 86.8 Å². The second-order valence-electron chi connectivity index (χ2n) is 3.39. The van der Waals surface area contributed by atoms with E-state index in [1.165, 1.54) is 6.07 Å². The topological polar surface area (TPSA) is 35.2 Å². The number of hydrogen-bond acceptors (Lipinski definition) is 2. The molecule has 1 heterocycles. The molecule has 1 aliphatic rings. The summed E-state index contributed by atoms with van der Waals surface area (Å²) in [6, 6.07) is 4.75. The molecular formula is C10H11ClFNO. The summed E-state index contributed by atoms with van der Waals surface area (Å²) in [5.74, 6) is -0.420. The Morgan fingerprint density at radius 1 is 1.50 bits per heavy atom. The average Bonchev–Trinajstić information content (AvgIpc) is 2.57. The quantitative estimate of drug-likeness (QED) is 0.780. The van der Waals surface area contributed by atoms with Crippen LogP contribution in [0.4, 0.5) is 4.39 Å². The third-order valence-electron chi connectivity index (χ3n) is 2.43. The van der Waals surface area contributed by atoms with Gasteiger partial charge in [0.2, 0.25) is 0 Å². The maximum absolute atomic E-state index is 13.6. The summed E-state index contributed by atoms with van der Waals surface area (Å²) in [6.07, 6.45) is 0.407. The van der Waals surface area contributed by atoms with E-state index in [4.69, 9.17) is 22.1 Å². The van der Waals surface area contributed by atoms with Crippen LogP contribution in [0.5, 0.6) is 0 Å². The first-order valence-corrected chi connectivity index (χ1v) is 4.89. The largest absolute Gasteiger partial charge is 0.372 e. The average molecular weight is 216 g/mol. The summed E-state index contributed by atoms with van der Waals surface area (Å²) in [7, 11) is 0. The molecule has 4 heteroatoms. The highest BCUT2D eigenvalue weighted by molar-refractivity contribution is 6.30. The van der Waals surface area contributed by atoms with Crippen molar-refractivity contribution in [2.45, 2.75) is 18.6 Å². The van der Waals surface area contributed by atoms with E-state index in [0.29, 0.717) is 12.2 Å². The molecule has 2 rings (SSSR count). The molecular weight excluding hydrogens is 205 g/mol. The summed E-state index contributed by atoms with van der Waals surface area (Å²) >= 11 is 5.67. The summed E-state index contributed by atoms with van der Waals surface area (Å²) in [5, 5.41) is 0.116. The van der Waals surface area contributed by atoms with Gasteiger partial charge in [0.25, 0.3) is 0 Å². The zero-order valence-corrected chi connectivity index (χ0v) is 8.30. The minimum Gasteiger partial charge on any atom is -0.372 e. The van der Waals surface area contributed by atoms with Crippen LogP contribution in [0.2, 0.25) is 5.02 Å². The molecule has 0 aliphatic carbocycles. The van der Waals surface area contributed by atoms with Crippen molar-refractivity contribution in [3.8, 4) is 0 Å². The molecule has 1 aromatic rings. The molecule has 1 aromatic carbocycles. The number of rotatable bonds is 1. The Morgan fingerprint density at radius 3 is 2.93 bits per heavy atom. The van der Waals surface area contributed by atoms with Crippen LogP contribution in [0.25, 0.3) is 0 Å². The fraction of sp³-hybridized carbons (Fsp3) is 0.400. The van der Waals surface area contributed by atoms with Crippen molar-refractivity contribution in [3.63, 3.8) is 0 Å². The Bertz CT molecular complexity index is 345. The smallest absolute Gasteiger partial charge is 0.147 e. The Morgan fingerprint density at radius 2 is 2.29 bits per heavy atom. The van der Waals surface area contributed by atoms with Crippen molar-refractivity contribution < 1.29 is 9.13 Å². The molecule has 1 fully saturated rings. The van der Waals surface area contributed by atoms with E-state index in [1.54, 1.807) is 12.1 Å². The van der Waals surface area contributed by atoms with Crippen LogP contribution in [-0.2, 0) is 4.74 Å². The highest BCUT2D eigenvalue weighted by Gasteiger charge is 2.29. The van der Waals surface area contributed by atoms with Crippen molar-refractivity contribution in [2.24, 2.45) is 5.73 Å². The highest BCUT2D eigenvalue weighted by atomic mass is 35.5. The second-order valence-corrected chi connectivity index (χ2v) is 3.79. The van der Waals surface area contributed by atoms with E-state index in [0.717, 1.165) is 6.42 Å². The first-order chi connectivity index (χ1) is 6.70. The Balaban J connectivity index is 2.36. The van der Waals surface area contributed by atoms with E-state index >= 15 is 0 Å². The zero-order valence-electron chi connectivity index (χ0n) is 7.54. The lowest BCUT2D eigenvalue weighted by Gasteiger charge is -2.15. The van der Waals surface area contributed by atoms with Crippen molar-refractivity contribution in [3.05, 3.63) is 34.6 Å². The summed E-state index contributed by atoms with van der Waals surface area (Å²) < 4.78 is 18.9. The van der Waals surface area contributed by atoms with Crippen molar-refractivity contribution in [1.82, 2.24) is 0 Å². The van der Waals surface area contributed by atoms with E-state index in [2.05, 4.69) is 0 Å². The van der Waals surface area contributed by atoms with Crippen LogP contribution in [-0.4, -0.2) is 12.6 Å². The van der Waals surface area contributed by atoms with Gasteiger partial charge in [-0.05, 0) is 12.5 Å². The number of halogens is 2. The highest BCUT2D eigenvalue weighted by Crippen LogP contribution is 2.31. The van der Waals surface area contributed by atoms with Gasteiger partial charge in [0, 0.05) is 18.2 Å². The fourth-order valence-electron chi connectivity index (χ4n) is 1.67. The number of hydrogen-bond donors (Lipinski definition) is 1. The SMILES string of the molecule is NC1CCOC1c1cccc(Cl)c1F. The standard InChI is InChI=1S/C10H11ClFNO/c11-7-3-1-2-6(9(7)12)10-8(13)4-5-14-10/h1-3,8,10H,4-5,13H2. The maximum Gasteiger partial charge on any atom is 0.147 e. The number of ether oxygens (including phenoxy) is 1. The predicted octanol–water partition coefficient (Wildman–Crippen LogP) is 2.27. The zero-order chi connectivity index (χ0) is 10.1. The second kappa shape index (κ2) is 3.85. The molecule has 0 amide bonds. The van der Waals surface area contributed by atoms with Gasteiger partial charge >= 0.3 is 0 Å². The van der Waals surface area contributed by atoms with Crippen LogP contribution >= 0.6 is 11.6 Å². The minimum absolute atomic E-state index is 0.116. The van der Waals surface area contributed by atoms with Gasteiger partial charge in [0.1, 0.15) is 11.9 Å². The molecule has 76 valence electrons. The molecule has 2 atom stereocenters. The fourth-order valence-corrected chi connectivity index (χ4v) is 1.85. The van der Waals surface area contributed by atoms with E-state index in [-0.39, 0.29) is 17.2 Å². The van der Waals surface area contributed by atoms with Gasteiger partial charge in [-0.25, -0.2) is 4.39 Å². The molecule has 0 bridgehead atoms. The lowest BCUT2D eigenvalue weighted by atomic mass is 10.0. The Kier molecular flexibility index (Phi) is 2.72. The van der Waals surface area contributed by atoms with Crippen LogP contribution in [0.3, 0.4) is 0 Å². The van der Waals surface area contributed by atoms with Gasteiger partial charge in [0.15, 0.2) is 0 Å². The summed E-state index contributed by atoms with van der Waals surface area (Å²) in [4.78, 5) is 0. The lowest BCUT2D eigenvalue weighted by Crippen LogP contribution is -2.24. The molecule has 14 heavy (non-hydrogen) atoms. The molecule has 0 aromatic heterocycles. The van der Waals surface area contributed by atoms with Gasteiger partial charge in [-0.2, -0.15) is 0 Å². The molecule has 1 saturated heterocycles.